The Morgan fingerprint density at radius 1 is 1.25 bits per heavy atom. The van der Waals surface area contributed by atoms with Crippen LogP contribution in [0.3, 0.4) is 0 Å². The maximum absolute atomic E-state index is 4.29. The predicted octanol–water partition coefficient (Wildman–Crippen LogP) is 3.16. The average molecular weight is 278 g/mol. The van der Waals surface area contributed by atoms with Crippen LogP contribution in [0.2, 0.25) is 0 Å². The highest BCUT2D eigenvalue weighted by molar-refractivity contribution is 9.10. The molecule has 0 radical (unpaired) electrons. The minimum absolute atomic E-state index is 0.719. The molecule has 0 saturated carbocycles. The van der Waals surface area contributed by atoms with E-state index in [-0.39, 0.29) is 0 Å². The molecule has 0 atom stereocenters. The fourth-order valence-electron chi connectivity index (χ4n) is 1.36. The van der Waals surface area contributed by atoms with Gasteiger partial charge in [0, 0.05) is 28.2 Å². The van der Waals surface area contributed by atoms with Gasteiger partial charge in [-0.2, -0.15) is 0 Å². The van der Waals surface area contributed by atoms with Gasteiger partial charge in [0.2, 0.25) is 0 Å². The number of hydrogen-bond acceptors (Lipinski definition) is 3. The van der Waals surface area contributed by atoms with Crippen molar-refractivity contribution < 1.29 is 0 Å². The SMILES string of the molecule is Cc1cc(NCc2ccc(Br)cn2)ccn1. The Kier molecular flexibility index (Phi) is 3.51. The Hall–Kier alpha value is -1.42. The molecule has 3 nitrogen and oxygen atoms in total. The zero-order valence-corrected chi connectivity index (χ0v) is 10.5. The number of aryl methyl sites for hydroxylation is 1. The quantitative estimate of drug-likeness (QED) is 0.937. The molecule has 0 spiro atoms. The van der Waals surface area contributed by atoms with Gasteiger partial charge in [-0.05, 0) is 47.1 Å². The lowest BCUT2D eigenvalue weighted by atomic mass is 10.3. The molecule has 4 heteroatoms. The van der Waals surface area contributed by atoms with Crippen molar-refractivity contribution in [3.05, 3.63) is 52.5 Å². The van der Waals surface area contributed by atoms with Gasteiger partial charge in [-0.1, -0.05) is 0 Å². The van der Waals surface area contributed by atoms with Crippen LogP contribution in [0.25, 0.3) is 0 Å². The highest BCUT2D eigenvalue weighted by Crippen LogP contribution is 2.10. The lowest BCUT2D eigenvalue weighted by Gasteiger charge is -2.06. The normalized spacial score (nSPS) is 10.1. The van der Waals surface area contributed by atoms with Crippen LogP contribution in [0, 0.1) is 6.92 Å². The average Bonchev–Trinajstić information content (AvgIpc) is 2.28. The third kappa shape index (κ3) is 3.03. The van der Waals surface area contributed by atoms with Crippen molar-refractivity contribution >= 4 is 21.6 Å². The molecule has 2 rings (SSSR count). The number of hydrogen-bond donors (Lipinski definition) is 1. The van der Waals surface area contributed by atoms with Gasteiger partial charge in [-0.25, -0.2) is 0 Å². The van der Waals surface area contributed by atoms with E-state index in [1.807, 2.05) is 31.2 Å². The van der Waals surface area contributed by atoms with E-state index >= 15 is 0 Å². The van der Waals surface area contributed by atoms with Crippen LogP contribution in [0.4, 0.5) is 5.69 Å². The number of anilines is 1. The van der Waals surface area contributed by atoms with Crippen LogP contribution < -0.4 is 5.32 Å². The summed E-state index contributed by atoms with van der Waals surface area (Å²) in [5.74, 6) is 0. The van der Waals surface area contributed by atoms with E-state index in [0.717, 1.165) is 28.1 Å². The molecule has 0 fully saturated rings. The Morgan fingerprint density at radius 3 is 2.81 bits per heavy atom. The first kappa shape index (κ1) is 11.1. The van der Waals surface area contributed by atoms with E-state index in [0.29, 0.717) is 0 Å². The number of rotatable bonds is 3. The van der Waals surface area contributed by atoms with Crippen LogP contribution in [0.15, 0.2) is 41.1 Å². The first-order chi connectivity index (χ1) is 7.74. The minimum atomic E-state index is 0.719. The van der Waals surface area contributed by atoms with Gasteiger partial charge < -0.3 is 5.32 Å². The van der Waals surface area contributed by atoms with Crippen LogP contribution >= 0.6 is 15.9 Å². The molecule has 82 valence electrons. The second-order valence-electron chi connectivity index (χ2n) is 3.51. The summed E-state index contributed by atoms with van der Waals surface area (Å²) in [5, 5.41) is 3.30. The third-order valence-corrected chi connectivity index (χ3v) is 2.63. The zero-order chi connectivity index (χ0) is 11.4. The summed E-state index contributed by atoms with van der Waals surface area (Å²) in [6, 6.07) is 7.94. The molecule has 2 aromatic heterocycles. The van der Waals surface area contributed by atoms with Gasteiger partial charge in [-0.3, -0.25) is 9.97 Å². The van der Waals surface area contributed by atoms with Gasteiger partial charge in [0.05, 0.1) is 12.2 Å². The van der Waals surface area contributed by atoms with E-state index in [4.69, 9.17) is 0 Å². The van der Waals surface area contributed by atoms with Gasteiger partial charge >= 0.3 is 0 Å². The molecule has 0 unspecified atom stereocenters. The van der Waals surface area contributed by atoms with Gasteiger partial charge in [0.1, 0.15) is 0 Å². The summed E-state index contributed by atoms with van der Waals surface area (Å²) in [7, 11) is 0. The van der Waals surface area contributed by atoms with Crippen LogP contribution in [-0.2, 0) is 6.54 Å². The number of halogens is 1. The maximum Gasteiger partial charge on any atom is 0.0595 e. The fourth-order valence-corrected chi connectivity index (χ4v) is 1.59. The maximum atomic E-state index is 4.29. The number of pyridine rings is 2. The van der Waals surface area contributed by atoms with E-state index < -0.39 is 0 Å². The summed E-state index contributed by atoms with van der Waals surface area (Å²) >= 11 is 3.36. The van der Waals surface area contributed by atoms with Crippen molar-refractivity contribution in [2.45, 2.75) is 13.5 Å². The molecular formula is C12H12BrN3. The van der Waals surface area contributed by atoms with E-state index in [1.54, 1.807) is 12.4 Å². The standard InChI is InChI=1S/C12H12BrN3/c1-9-6-11(4-5-14-9)16-8-12-3-2-10(13)7-15-12/h2-7H,8H2,1H3,(H,14,16). The molecule has 0 saturated heterocycles. The molecular weight excluding hydrogens is 266 g/mol. The third-order valence-electron chi connectivity index (χ3n) is 2.16. The second-order valence-corrected chi connectivity index (χ2v) is 4.42. The number of aromatic nitrogens is 2. The smallest absolute Gasteiger partial charge is 0.0595 e. The van der Waals surface area contributed by atoms with Crippen molar-refractivity contribution in [3.63, 3.8) is 0 Å². The summed E-state index contributed by atoms with van der Waals surface area (Å²) < 4.78 is 0.996. The molecule has 2 heterocycles. The molecule has 0 aliphatic carbocycles. The van der Waals surface area contributed by atoms with E-state index in [9.17, 15) is 0 Å². The first-order valence-corrected chi connectivity index (χ1v) is 5.80. The lowest BCUT2D eigenvalue weighted by molar-refractivity contribution is 1.04. The fraction of sp³-hybridized carbons (Fsp3) is 0.167. The van der Waals surface area contributed by atoms with Gasteiger partial charge in [-0.15, -0.1) is 0 Å². The summed E-state index contributed by atoms with van der Waals surface area (Å²) in [5.41, 5.74) is 3.09. The Balaban J connectivity index is 1.99. The molecule has 2 aromatic rings. The van der Waals surface area contributed by atoms with E-state index in [1.165, 1.54) is 0 Å². The Bertz CT molecular complexity index is 468. The molecule has 0 aliphatic rings. The highest BCUT2D eigenvalue weighted by atomic mass is 79.9. The Labute approximate surface area is 103 Å². The summed E-state index contributed by atoms with van der Waals surface area (Å²) in [6.07, 6.45) is 3.60. The topological polar surface area (TPSA) is 37.8 Å². The molecule has 0 aromatic carbocycles. The monoisotopic (exact) mass is 277 g/mol. The van der Waals surface area contributed by atoms with Crippen LogP contribution in [-0.4, -0.2) is 9.97 Å². The van der Waals surface area contributed by atoms with Crippen molar-refractivity contribution in [1.82, 2.24) is 9.97 Å². The summed E-state index contributed by atoms with van der Waals surface area (Å²) in [6.45, 7) is 2.69. The molecule has 0 bridgehead atoms. The number of nitrogens with zero attached hydrogens (tertiary/aromatic N) is 2. The highest BCUT2D eigenvalue weighted by Gasteiger charge is 1.96. The predicted molar refractivity (Wildman–Crippen MR) is 68.2 cm³/mol. The zero-order valence-electron chi connectivity index (χ0n) is 8.94. The molecule has 1 N–H and O–H groups in total. The van der Waals surface area contributed by atoms with Crippen molar-refractivity contribution in [3.8, 4) is 0 Å². The largest absolute Gasteiger partial charge is 0.379 e. The molecule has 0 aliphatic heterocycles. The van der Waals surface area contributed by atoms with Crippen molar-refractivity contribution in [2.24, 2.45) is 0 Å². The van der Waals surface area contributed by atoms with E-state index in [2.05, 4.69) is 31.2 Å². The molecule has 16 heavy (non-hydrogen) atoms. The Morgan fingerprint density at radius 2 is 2.12 bits per heavy atom. The number of nitrogens with one attached hydrogen (secondary N) is 1. The summed E-state index contributed by atoms with van der Waals surface area (Å²) in [4.78, 5) is 8.44. The lowest BCUT2D eigenvalue weighted by Crippen LogP contribution is -2.01. The second kappa shape index (κ2) is 5.07. The van der Waals surface area contributed by atoms with Gasteiger partial charge in [0.15, 0.2) is 0 Å². The minimum Gasteiger partial charge on any atom is -0.379 e. The van der Waals surface area contributed by atoms with Crippen LogP contribution in [0.5, 0.6) is 0 Å². The van der Waals surface area contributed by atoms with Crippen molar-refractivity contribution in [2.75, 3.05) is 5.32 Å². The van der Waals surface area contributed by atoms with Crippen LogP contribution in [0.1, 0.15) is 11.4 Å². The van der Waals surface area contributed by atoms with Crippen molar-refractivity contribution in [1.29, 1.82) is 0 Å². The first-order valence-electron chi connectivity index (χ1n) is 5.01. The molecule has 0 amide bonds. The van der Waals surface area contributed by atoms with Gasteiger partial charge in [0.25, 0.3) is 0 Å².